The van der Waals surface area contributed by atoms with Gasteiger partial charge in [-0.2, -0.15) is 12.8 Å². The molecule has 2 aromatic carbocycles. The van der Waals surface area contributed by atoms with Gasteiger partial charge in [0.1, 0.15) is 0 Å². The first kappa shape index (κ1) is 69.0. The van der Waals surface area contributed by atoms with Crippen molar-refractivity contribution in [1.82, 2.24) is 0 Å². The Kier molecular flexibility index (Phi) is 47.6. The van der Waals surface area contributed by atoms with Gasteiger partial charge in [-0.25, -0.2) is 4.70 Å². The molecule has 1 heterocycles. The summed E-state index contributed by atoms with van der Waals surface area (Å²) < 4.78 is 1.58. The van der Waals surface area contributed by atoms with Crippen LogP contribution in [0.2, 0.25) is 0 Å². The maximum Gasteiger partial charge on any atom is 2.00 e. The van der Waals surface area contributed by atoms with Gasteiger partial charge < -0.3 is 19.4 Å². The fourth-order valence-electron chi connectivity index (χ4n) is 10.3. The third-order valence-corrected chi connectivity index (χ3v) is 14.6. The SMILES string of the molecule is CCCCCCC1=C(c2cc(C)cc(CCCC)c2)[N+](=[N-])C(c2cc(C)cc(CCCC)c2)=C1CCCC.[CH2-]CCCCCCCCCCCCCCC.[CH2-]CCCCCCCCCCCCCCC.[Ni+2]. The first-order valence-corrected chi connectivity index (χ1v) is 31.0. The quantitative estimate of drug-likeness (QED) is 0.0274. The van der Waals surface area contributed by atoms with Crippen molar-refractivity contribution in [3.8, 4) is 0 Å². The van der Waals surface area contributed by atoms with Gasteiger partial charge in [-0.05, 0) is 101 Å². The average molecular weight is 1020 g/mol. The molecule has 0 amide bonds. The summed E-state index contributed by atoms with van der Waals surface area (Å²) in [7, 11) is 0. The summed E-state index contributed by atoms with van der Waals surface area (Å²) in [6.07, 6.45) is 55.9. The molecule has 0 aliphatic carbocycles. The summed E-state index contributed by atoms with van der Waals surface area (Å²) in [5.74, 6) is 0. The number of rotatable bonds is 42. The Balaban J connectivity index is 0.00000123. The summed E-state index contributed by atoms with van der Waals surface area (Å²) >= 11 is 0. The number of aryl methyl sites for hydroxylation is 4. The second-order valence-corrected chi connectivity index (χ2v) is 21.7. The smallest absolute Gasteiger partial charge is 0.493 e. The standard InChI is InChI=1S/C36H52N2.2C16H33.Ni/c1-7-11-15-16-20-34-33(19-14-10-4)35(31-23-27(5)21-29(25-31)17-12-8-2)38(37)36(34)32-24-28(6)22-30(26-32)18-13-9-3;2*1-3-5-7-9-11-13-15-16-14-12-10-8-6-4-2;/h21-26H,7-20H2,1-6H3;2*1,3-16H2,2H3;/q;2*-1;+2. The normalized spacial score (nSPS) is 12.3. The van der Waals surface area contributed by atoms with Crippen LogP contribution in [0, 0.1) is 27.7 Å². The van der Waals surface area contributed by atoms with E-state index >= 15 is 0 Å². The van der Waals surface area contributed by atoms with Gasteiger partial charge in [0.25, 0.3) is 0 Å². The Hall–Kier alpha value is -1.99. The molecular weight excluding hydrogens is 903 g/mol. The average Bonchev–Trinajstić information content (AvgIpc) is 3.64. The van der Waals surface area contributed by atoms with Gasteiger partial charge in [0.05, 0.1) is 0 Å². The summed E-state index contributed by atoms with van der Waals surface area (Å²) in [5.41, 5.74) is 24.5. The Morgan fingerprint density at radius 2 is 0.577 bits per heavy atom. The fourth-order valence-corrected chi connectivity index (χ4v) is 10.3. The van der Waals surface area contributed by atoms with Gasteiger partial charge in [0, 0.05) is 22.3 Å². The zero-order chi connectivity index (χ0) is 51.3. The number of benzene rings is 2. The topological polar surface area (TPSA) is 25.3 Å². The molecule has 410 valence electrons. The van der Waals surface area contributed by atoms with Crippen molar-refractivity contribution in [1.29, 1.82) is 0 Å². The molecule has 2 nitrogen and oxygen atoms in total. The molecule has 3 heteroatoms. The molecule has 0 saturated heterocycles. The molecule has 0 atom stereocenters. The zero-order valence-corrected chi connectivity index (χ0v) is 49.8. The molecule has 3 rings (SSSR count). The molecule has 0 fully saturated rings. The van der Waals surface area contributed by atoms with E-state index in [1.54, 1.807) is 4.70 Å². The predicted octanol–water partition coefficient (Wildman–Crippen LogP) is 23.9. The van der Waals surface area contributed by atoms with Gasteiger partial charge in [-0.3, -0.25) is 0 Å². The fraction of sp³-hybridized carbons (Fsp3) is 0.735. The number of allylic oxidation sites excluding steroid dienone is 2. The molecule has 0 aromatic heterocycles. The van der Waals surface area contributed by atoms with Crippen LogP contribution in [0.3, 0.4) is 0 Å². The van der Waals surface area contributed by atoms with E-state index < -0.39 is 0 Å². The van der Waals surface area contributed by atoms with Crippen LogP contribution in [0.5, 0.6) is 0 Å². The second-order valence-electron chi connectivity index (χ2n) is 21.7. The van der Waals surface area contributed by atoms with Gasteiger partial charge in [0.2, 0.25) is 11.4 Å². The summed E-state index contributed by atoms with van der Waals surface area (Å²) in [4.78, 5) is 0. The van der Waals surface area contributed by atoms with Gasteiger partial charge in [0.15, 0.2) is 0 Å². The molecule has 1 aliphatic heterocycles. The number of unbranched alkanes of at least 4 members (excludes halogenated alkanes) is 32. The Morgan fingerprint density at radius 3 is 0.873 bits per heavy atom. The van der Waals surface area contributed by atoms with Crippen molar-refractivity contribution in [3.05, 3.63) is 100 Å². The van der Waals surface area contributed by atoms with Crippen molar-refractivity contribution >= 4 is 11.4 Å². The van der Waals surface area contributed by atoms with E-state index in [1.807, 2.05) is 0 Å². The minimum atomic E-state index is 0. The van der Waals surface area contributed by atoms with Crippen LogP contribution in [-0.2, 0) is 29.3 Å². The zero-order valence-electron chi connectivity index (χ0n) is 48.8. The summed E-state index contributed by atoms with van der Waals surface area (Å²) in [6, 6.07) is 13.9. The maximum atomic E-state index is 12.0. The van der Waals surface area contributed by atoms with Crippen molar-refractivity contribution in [3.63, 3.8) is 0 Å². The minimum absolute atomic E-state index is 0. The molecule has 2 aromatic rings. The van der Waals surface area contributed by atoms with Crippen molar-refractivity contribution in [2.45, 2.75) is 325 Å². The van der Waals surface area contributed by atoms with E-state index in [-0.39, 0.29) is 16.5 Å². The van der Waals surface area contributed by atoms with E-state index in [2.05, 4.69) is 106 Å². The first-order valence-electron chi connectivity index (χ1n) is 31.0. The molecule has 0 saturated carbocycles. The summed E-state index contributed by atoms with van der Waals surface area (Å²) in [5, 5.41) is 0. The number of hydrogen-bond acceptors (Lipinski definition) is 0. The molecule has 71 heavy (non-hydrogen) atoms. The maximum absolute atomic E-state index is 12.0. The molecule has 1 aliphatic rings. The van der Waals surface area contributed by atoms with Crippen LogP contribution in [0.25, 0.3) is 16.9 Å². The van der Waals surface area contributed by atoms with Gasteiger partial charge >= 0.3 is 16.5 Å². The van der Waals surface area contributed by atoms with Crippen LogP contribution < -0.4 is 0 Å². The van der Waals surface area contributed by atoms with E-state index in [4.69, 9.17) is 0 Å². The Bertz CT molecular complexity index is 1560. The van der Waals surface area contributed by atoms with E-state index in [0.717, 1.165) is 62.8 Å². The third kappa shape index (κ3) is 33.5. The number of hydrogen-bond donors (Lipinski definition) is 0. The van der Waals surface area contributed by atoms with E-state index in [0.29, 0.717) is 0 Å². The Labute approximate surface area is 455 Å². The van der Waals surface area contributed by atoms with Crippen LogP contribution in [0.1, 0.15) is 332 Å². The van der Waals surface area contributed by atoms with Crippen LogP contribution in [0.15, 0.2) is 47.5 Å². The molecule has 0 spiro atoms. The van der Waals surface area contributed by atoms with Crippen LogP contribution >= 0.6 is 0 Å². The summed E-state index contributed by atoms with van der Waals surface area (Å²) in [6.45, 7) is 25.8. The Morgan fingerprint density at radius 1 is 0.324 bits per heavy atom. The monoisotopic (exact) mass is 1020 g/mol. The largest absolute Gasteiger partial charge is 2.00 e. The van der Waals surface area contributed by atoms with Crippen molar-refractivity contribution in [2.24, 2.45) is 0 Å². The molecule has 0 bridgehead atoms. The van der Waals surface area contributed by atoms with E-state index in [9.17, 15) is 5.53 Å². The third-order valence-electron chi connectivity index (χ3n) is 14.6. The predicted molar refractivity (Wildman–Crippen MR) is 317 cm³/mol. The van der Waals surface area contributed by atoms with Crippen LogP contribution in [-0.4, -0.2) is 4.70 Å². The van der Waals surface area contributed by atoms with Crippen LogP contribution in [0.4, 0.5) is 0 Å². The second kappa shape index (κ2) is 48.9. The number of nitrogens with zero attached hydrogens (tertiary/aromatic N) is 2. The molecule has 0 unspecified atom stereocenters. The minimum Gasteiger partial charge on any atom is -0.493 e. The van der Waals surface area contributed by atoms with E-state index in [1.165, 1.54) is 263 Å². The van der Waals surface area contributed by atoms with Crippen molar-refractivity contribution in [2.75, 3.05) is 0 Å². The van der Waals surface area contributed by atoms with Gasteiger partial charge in [-0.15, -0.1) is 0 Å². The molecule has 0 N–H and O–H groups in total. The van der Waals surface area contributed by atoms with Crippen molar-refractivity contribution < 1.29 is 21.2 Å². The molecule has 0 radical (unpaired) electrons. The van der Waals surface area contributed by atoms with Gasteiger partial charge in [-0.1, -0.05) is 270 Å². The molecular formula is C68H118N2Ni. The first-order chi connectivity index (χ1) is 34.3.